The van der Waals surface area contributed by atoms with E-state index in [4.69, 9.17) is 5.73 Å². The van der Waals surface area contributed by atoms with Crippen LogP contribution in [0.1, 0.15) is 17.0 Å². The van der Waals surface area contributed by atoms with Gasteiger partial charge in [-0.3, -0.25) is 0 Å². The zero-order chi connectivity index (χ0) is 11.5. The van der Waals surface area contributed by atoms with Crippen molar-refractivity contribution in [3.8, 4) is 0 Å². The molecule has 2 N–H and O–H groups in total. The molecule has 0 amide bonds. The lowest BCUT2D eigenvalue weighted by molar-refractivity contribution is -0.138. The molecule has 1 aromatic rings. The van der Waals surface area contributed by atoms with E-state index in [-0.39, 0.29) is 18.0 Å². The van der Waals surface area contributed by atoms with Gasteiger partial charge >= 0.3 is 6.18 Å². The van der Waals surface area contributed by atoms with Gasteiger partial charge in [0, 0.05) is 5.92 Å². The molecule has 0 heterocycles. The van der Waals surface area contributed by atoms with Gasteiger partial charge in [0.15, 0.2) is 0 Å². The number of hydrogen-bond acceptors (Lipinski definition) is 2. The van der Waals surface area contributed by atoms with E-state index in [2.05, 4.69) is 12.6 Å². The molecule has 0 bridgehead atoms. The SMILES string of the molecule is NCC(CS)c1ccccc1C(F)(F)F. The highest BCUT2D eigenvalue weighted by molar-refractivity contribution is 7.80. The van der Waals surface area contributed by atoms with Gasteiger partial charge < -0.3 is 5.73 Å². The van der Waals surface area contributed by atoms with Gasteiger partial charge in [-0.05, 0) is 23.9 Å². The Morgan fingerprint density at radius 3 is 2.33 bits per heavy atom. The molecule has 1 aromatic carbocycles. The van der Waals surface area contributed by atoms with Crippen LogP contribution in [0.2, 0.25) is 0 Å². The van der Waals surface area contributed by atoms with E-state index in [0.29, 0.717) is 5.75 Å². The summed E-state index contributed by atoms with van der Waals surface area (Å²) in [6.07, 6.45) is -4.33. The number of halogens is 3. The Morgan fingerprint density at radius 1 is 1.27 bits per heavy atom. The van der Waals surface area contributed by atoms with Crippen LogP contribution in [0.15, 0.2) is 24.3 Å². The molecule has 15 heavy (non-hydrogen) atoms. The minimum atomic E-state index is -4.33. The fourth-order valence-corrected chi connectivity index (χ4v) is 1.76. The Morgan fingerprint density at radius 2 is 1.87 bits per heavy atom. The maximum Gasteiger partial charge on any atom is 0.416 e. The Bertz CT molecular complexity index is 321. The molecule has 1 rings (SSSR count). The van der Waals surface area contributed by atoms with Crippen molar-refractivity contribution >= 4 is 12.6 Å². The molecule has 84 valence electrons. The van der Waals surface area contributed by atoms with Gasteiger partial charge in [0.2, 0.25) is 0 Å². The van der Waals surface area contributed by atoms with Crippen LogP contribution in [-0.2, 0) is 6.18 Å². The van der Waals surface area contributed by atoms with Crippen molar-refractivity contribution in [1.29, 1.82) is 0 Å². The number of alkyl halides is 3. The highest BCUT2D eigenvalue weighted by atomic mass is 32.1. The third-order valence-electron chi connectivity index (χ3n) is 2.21. The second-order valence-electron chi connectivity index (χ2n) is 3.20. The van der Waals surface area contributed by atoms with E-state index in [1.165, 1.54) is 12.1 Å². The Hall–Kier alpha value is -0.680. The van der Waals surface area contributed by atoms with Gasteiger partial charge in [0.1, 0.15) is 0 Å². The molecule has 1 unspecified atom stereocenters. The monoisotopic (exact) mass is 235 g/mol. The summed E-state index contributed by atoms with van der Waals surface area (Å²) in [4.78, 5) is 0. The molecule has 0 saturated carbocycles. The molecule has 1 atom stereocenters. The molecule has 0 aromatic heterocycles. The van der Waals surface area contributed by atoms with Gasteiger partial charge in [0.05, 0.1) is 5.56 Å². The zero-order valence-electron chi connectivity index (χ0n) is 7.96. The smallest absolute Gasteiger partial charge is 0.330 e. The van der Waals surface area contributed by atoms with Crippen LogP contribution in [0.5, 0.6) is 0 Å². The molecule has 0 aliphatic carbocycles. The van der Waals surface area contributed by atoms with Crippen LogP contribution in [-0.4, -0.2) is 12.3 Å². The van der Waals surface area contributed by atoms with E-state index in [0.717, 1.165) is 6.07 Å². The summed E-state index contributed by atoms with van der Waals surface area (Å²) in [5, 5.41) is 0. The van der Waals surface area contributed by atoms with Gasteiger partial charge in [-0.25, -0.2) is 0 Å². The molecule has 5 heteroatoms. The Balaban J connectivity index is 3.17. The average Bonchev–Trinajstić information content (AvgIpc) is 2.19. The number of hydrogen-bond donors (Lipinski definition) is 2. The number of nitrogens with two attached hydrogens (primary N) is 1. The summed E-state index contributed by atoms with van der Waals surface area (Å²) in [7, 11) is 0. The summed E-state index contributed by atoms with van der Waals surface area (Å²) in [5.41, 5.74) is 5.02. The van der Waals surface area contributed by atoms with E-state index in [9.17, 15) is 13.2 Å². The first-order valence-electron chi connectivity index (χ1n) is 4.47. The van der Waals surface area contributed by atoms with Crippen LogP contribution in [0, 0.1) is 0 Å². The molecule has 0 saturated heterocycles. The maximum atomic E-state index is 12.6. The van der Waals surface area contributed by atoms with E-state index in [1.807, 2.05) is 0 Å². The normalized spacial score (nSPS) is 13.9. The summed E-state index contributed by atoms with van der Waals surface area (Å²) in [6.45, 7) is 0.163. The molecule has 0 aliphatic heterocycles. The van der Waals surface area contributed by atoms with Gasteiger partial charge in [-0.2, -0.15) is 25.8 Å². The lowest BCUT2D eigenvalue weighted by Crippen LogP contribution is -2.19. The highest BCUT2D eigenvalue weighted by Gasteiger charge is 2.34. The van der Waals surface area contributed by atoms with Gasteiger partial charge in [-0.1, -0.05) is 18.2 Å². The van der Waals surface area contributed by atoms with Gasteiger partial charge in [-0.15, -0.1) is 0 Å². The minimum absolute atomic E-state index is 0.163. The first-order chi connectivity index (χ1) is 7.00. The minimum Gasteiger partial charge on any atom is -0.330 e. The molecule has 1 nitrogen and oxygen atoms in total. The summed E-state index contributed by atoms with van der Waals surface area (Å²) in [6, 6.07) is 5.48. The third-order valence-corrected chi connectivity index (χ3v) is 2.65. The lowest BCUT2D eigenvalue weighted by atomic mass is 9.95. The van der Waals surface area contributed by atoms with Crippen molar-refractivity contribution in [2.75, 3.05) is 12.3 Å². The molecule has 0 radical (unpaired) electrons. The van der Waals surface area contributed by atoms with Crippen molar-refractivity contribution < 1.29 is 13.2 Å². The summed E-state index contributed by atoms with van der Waals surface area (Å²) >= 11 is 4.00. The summed E-state index contributed by atoms with van der Waals surface area (Å²) in [5.74, 6) is -0.0463. The molecule has 0 fully saturated rings. The third kappa shape index (κ3) is 2.89. The molecular weight excluding hydrogens is 223 g/mol. The summed E-state index contributed by atoms with van der Waals surface area (Å²) < 4.78 is 37.8. The van der Waals surface area contributed by atoms with Crippen LogP contribution < -0.4 is 5.73 Å². The van der Waals surface area contributed by atoms with E-state index in [1.54, 1.807) is 6.07 Å². The number of rotatable bonds is 3. The van der Waals surface area contributed by atoms with Crippen molar-refractivity contribution in [1.82, 2.24) is 0 Å². The number of benzene rings is 1. The van der Waals surface area contributed by atoms with E-state index < -0.39 is 11.7 Å². The van der Waals surface area contributed by atoms with Crippen LogP contribution in [0.3, 0.4) is 0 Å². The van der Waals surface area contributed by atoms with Gasteiger partial charge in [0.25, 0.3) is 0 Å². The predicted octanol–water partition coefficient (Wildman–Crippen LogP) is 2.68. The fourth-order valence-electron chi connectivity index (χ4n) is 1.41. The maximum absolute atomic E-state index is 12.6. The Labute approximate surface area is 91.9 Å². The van der Waals surface area contributed by atoms with Crippen molar-refractivity contribution in [2.45, 2.75) is 12.1 Å². The zero-order valence-corrected chi connectivity index (χ0v) is 8.85. The first kappa shape index (κ1) is 12.4. The van der Waals surface area contributed by atoms with Crippen molar-refractivity contribution in [2.24, 2.45) is 5.73 Å². The number of thiol groups is 1. The topological polar surface area (TPSA) is 26.0 Å². The Kier molecular flexibility index (Phi) is 4.04. The second kappa shape index (κ2) is 4.90. The quantitative estimate of drug-likeness (QED) is 0.774. The van der Waals surface area contributed by atoms with Crippen molar-refractivity contribution in [3.05, 3.63) is 35.4 Å². The first-order valence-corrected chi connectivity index (χ1v) is 5.11. The highest BCUT2D eigenvalue weighted by Crippen LogP contribution is 2.35. The van der Waals surface area contributed by atoms with Crippen molar-refractivity contribution in [3.63, 3.8) is 0 Å². The predicted molar refractivity (Wildman–Crippen MR) is 57.1 cm³/mol. The standard InChI is InChI=1S/C10H12F3NS/c11-10(12,13)9-4-2-1-3-8(9)7(5-14)6-15/h1-4,7,15H,5-6,14H2. The average molecular weight is 235 g/mol. The molecule has 0 spiro atoms. The van der Waals surface area contributed by atoms with Crippen LogP contribution in [0.4, 0.5) is 13.2 Å². The van der Waals surface area contributed by atoms with Crippen LogP contribution >= 0.6 is 12.6 Å². The fraction of sp³-hybridized carbons (Fsp3) is 0.400. The van der Waals surface area contributed by atoms with Crippen LogP contribution in [0.25, 0.3) is 0 Å². The second-order valence-corrected chi connectivity index (χ2v) is 3.57. The molecular formula is C10H12F3NS. The lowest BCUT2D eigenvalue weighted by Gasteiger charge is -2.18. The largest absolute Gasteiger partial charge is 0.416 e. The molecule has 0 aliphatic rings. The van der Waals surface area contributed by atoms with E-state index >= 15 is 0 Å².